The molecule has 0 aliphatic carbocycles. The van der Waals surface area contributed by atoms with Crippen molar-refractivity contribution in [3.8, 4) is 6.01 Å². The Balaban J connectivity index is 2.27. The summed E-state index contributed by atoms with van der Waals surface area (Å²) in [6.07, 6.45) is 1.53. The van der Waals surface area contributed by atoms with Crippen molar-refractivity contribution in [2.45, 2.75) is 19.1 Å². The molecule has 1 aliphatic rings. The minimum absolute atomic E-state index is 0.0140. The van der Waals surface area contributed by atoms with Crippen molar-refractivity contribution < 1.29 is 9.47 Å². The number of methoxy groups -OCH3 is 1. The zero-order valence-electron chi connectivity index (χ0n) is 10.3. The van der Waals surface area contributed by atoms with Crippen LogP contribution in [0.25, 0.3) is 0 Å². The number of nitrogens with zero attached hydrogens (tertiary/aromatic N) is 3. The van der Waals surface area contributed by atoms with Gasteiger partial charge in [0.2, 0.25) is 0 Å². The minimum Gasteiger partial charge on any atom is -0.467 e. The number of aromatic nitrogens is 2. The number of hydrogen-bond donors (Lipinski definition) is 0. The first kappa shape index (κ1) is 13.6. The molecule has 1 saturated heterocycles. The average Bonchev–Trinajstić information content (AvgIpc) is 2.40. The van der Waals surface area contributed by atoms with Gasteiger partial charge in [-0.05, 0) is 6.92 Å². The fraction of sp³-hybridized carbons (Fsp3) is 0.636. The highest BCUT2D eigenvalue weighted by Crippen LogP contribution is 2.28. The maximum Gasteiger partial charge on any atom is 0.318 e. The summed E-state index contributed by atoms with van der Waals surface area (Å²) in [5.74, 6) is 1.11. The monoisotopic (exact) mass is 291 g/mol. The van der Waals surface area contributed by atoms with Gasteiger partial charge in [0.25, 0.3) is 0 Å². The van der Waals surface area contributed by atoms with E-state index in [1.807, 2.05) is 0 Å². The average molecular weight is 292 g/mol. The van der Waals surface area contributed by atoms with E-state index in [0.717, 1.165) is 0 Å². The van der Waals surface area contributed by atoms with Gasteiger partial charge in [0.1, 0.15) is 5.02 Å². The second-order valence-electron chi connectivity index (χ2n) is 4.14. The van der Waals surface area contributed by atoms with Gasteiger partial charge in [-0.25, -0.2) is 4.98 Å². The normalized spacial score (nSPS) is 24.1. The third kappa shape index (κ3) is 2.79. The van der Waals surface area contributed by atoms with E-state index in [0.29, 0.717) is 35.9 Å². The first-order valence-corrected chi connectivity index (χ1v) is 6.57. The zero-order chi connectivity index (χ0) is 13.1. The van der Waals surface area contributed by atoms with Crippen molar-refractivity contribution in [3.63, 3.8) is 0 Å². The maximum atomic E-state index is 6.15. The molecule has 0 saturated carbocycles. The van der Waals surface area contributed by atoms with Crippen LogP contribution in [0.2, 0.25) is 5.02 Å². The van der Waals surface area contributed by atoms with E-state index in [-0.39, 0.29) is 12.1 Å². The first-order chi connectivity index (χ1) is 8.65. The molecule has 2 unspecified atom stereocenters. The van der Waals surface area contributed by atoms with Crippen LogP contribution in [0.4, 0.5) is 5.82 Å². The minimum atomic E-state index is -0.0140. The smallest absolute Gasteiger partial charge is 0.318 e. The molecule has 0 N–H and O–H groups in total. The van der Waals surface area contributed by atoms with E-state index in [4.69, 9.17) is 32.7 Å². The standard InChI is InChI=1S/C11H15Cl2N3O2/c1-7-6-18-8(3-12)5-16(7)10-9(13)4-14-11(15-10)17-2/h4,7-8H,3,5-6H2,1-2H3. The topological polar surface area (TPSA) is 47.5 Å². The van der Waals surface area contributed by atoms with Crippen LogP contribution >= 0.6 is 23.2 Å². The van der Waals surface area contributed by atoms with Crippen molar-refractivity contribution in [3.05, 3.63) is 11.2 Å². The molecule has 0 bridgehead atoms. The molecule has 2 heterocycles. The summed E-state index contributed by atoms with van der Waals surface area (Å²) in [5.41, 5.74) is 0. The largest absolute Gasteiger partial charge is 0.467 e. The molecule has 18 heavy (non-hydrogen) atoms. The molecular formula is C11H15Cl2N3O2. The second kappa shape index (κ2) is 5.91. The van der Waals surface area contributed by atoms with Crippen molar-refractivity contribution in [2.24, 2.45) is 0 Å². The lowest BCUT2D eigenvalue weighted by Crippen LogP contribution is -2.49. The van der Waals surface area contributed by atoms with E-state index < -0.39 is 0 Å². The third-order valence-electron chi connectivity index (χ3n) is 2.84. The summed E-state index contributed by atoms with van der Waals surface area (Å²) in [4.78, 5) is 10.3. The summed E-state index contributed by atoms with van der Waals surface area (Å²) in [7, 11) is 1.53. The Morgan fingerprint density at radius 2 is 2.39 bits per heavy atom. The molecule has 1 fully saturated rings. The molecule has 5 nitrogen and oxygen atoms in total. The Labute approximate surface area is 116 Å². The lowest BCUT2D eigenvalue weighted by Gasteiger charge is -2.38. The van der Waals surface area contributed by atoms with Crippen LogP contribution in [-0.4, -0.2) is 48.3 Å². The van der Waals surface area contributed by atoms with E-state index in [1.165, 1.54) is 7.11 Å². The van der Waals surface area contributed by atoms with Gasteiger partial charge in [0.15, 0.2) is 5.82 Å². The summed E-state index contributed by atoms with van der Waals surface area (Å²) in [6.45, 7) is 3.31. The zero-order valence-corrected chi connectivity index (χ0v) is 11.8. The summed E-state index contributed by atoms with van der Waals surface area (Å²) in [5, 5.41) is 0.498. The number of anilines is 1. The Bertz CT molecular complexity index is 419. The van der Waals surface area contributed by atoms with Crippen LogP contribution in [0.3, 0.4) is 0 Å². The van der Waals surface area contributed by atoms with Crippen molar-refractivity contribution in [1.82, 2.24) is 9.97 Å². The molecular weight excluding hydrogens is 277 g/mol. The molecule has 1 aromatic rings. The number of ether oxygens (including phenoxy) is 2. The van der Waals surface area contributed by atoms with Crippen LogP contribution in [0.1, 0.15) is 6.92 Å². The van der Waals surface area contributed by atoms with Crippen molar-refractivity contribution >= 4 is 29.0 Å². The van der Waals surface area contributed by atoms with Crippen LogP contribution < -0.4 is 9.64 Å². The lowest BCUT2D eigenvalue weighted by atomic mass is 10.2. The van der Waals surface area contributed by atoms with Crippen LogP contribution in [-0.2, 0) is 4.74 Å². The Hall–Kier alpha value is -0.780. The van der Waals surface area contributed by atoms with Gasteiger partial charge in [-0.15, -0.1) is 11.6 Å². The third-order valence-corrected chi connectivity index (χ3v) is 3.45. The van der Waals surface area contributed by atoms with Crippen molar-refractivity contribution in [1.29, 1.82) is 0 Å². The molecule has 100 valence electrons. The number of rotatable bonds is 3. The van der Waals surface area contributed by atoms with Crippen LogP contribution in [0.15, 0.2) is 6.20 Å². The van der Waals surface area contributed by atoms with Gasteiger partial charge in [0.05, 0.1) is 37.9 Å². The Kier molecular flexibility index (Phi) is 4.48. The van der Waals surface area contributed by atoms with Gasteiger partial charge in [0, 0.05) is 6.54 Å². The van der Waals surface area contributed by atoms with E-state index in [9.17, 15) is 0 Å². The van der Waals surface area contributed by atoms with Gasteiger partial charge in [-0.2, -0.15) is 4.98 Å². The molecule has 0 radical (unpaired) electrons. The molecule has 1 aliphatic heterocycles. The molecule has 7 heteroatoms. The fourth-order valence-corrected chi connectivity index (χ4v) is 2.23. The highest BCUT2D eigenvalue weighted by molar-refractivity contribution is 6.32. The number of alkyl halides is 1. The van der Waals surface area contributed by atoms with Crippen LogP contribution in [0.5, 0.6) is 6.01 Å². The van der Waals surface area contributed by atoms with Crippen molar-refractivity contribution in [2.75, 3.05) is 31.0 Å². The molecule has 2 atom stereocenters. The number of morpholine rings is 1. The Morgan fingerprint density at radius 1 is 1.61 bits per heavy atom. The quantitative estimate of drug-likeness (QED) is 0.797. The van der Waals surface area contributed by atoms with E-state index in [1.54, 1.807) is 6.20 Å². The van der Waals surface area contributed by atoms with Gasteiger partial charge in [-0.3, -0.25) is 0 Å². The predicted molar refractivity (Wildman–Crippen MR) is 70.9 cm³/mol. The SMILES string of the molecule is COc1ncc(Cl)c(N2CC(CCl)OCC2C)n1. The molecule has 2 rings (SSSR count). The highest BCUT2D eigenvalue weighted by Gasteiger charge is 2.28. The molecule has 1 aromatic heterocycles. The van der Waals surface area contributed by atoms with Gasteiger partial charge >= 0.3 is 6.01 Å². The number of hydrogen-bond acceptors (Lipinski definition) is 5. The summed E-state index contributed by atoms with van der Waals surface area (Å²) < 4.78 is 10.6. The van der Waals surface area contributed by atoms with Crippen LogP contribution in [0, 0.1) is 0 Å². The predicted octanol–water partition coefficient (Wildman–Crippen LogP) is 1.97. The maximum absolute atomic E-state index is 6.15. The number of halogens is 2. The molecule has 0 amide bonds. The van der Waals surface area contributed by atoms with Gasteiger partial charge < -0.3 is 14.4 Å². The fourth-order valence-electron chi connectivity index (χ4n) is 1.85. The van der Waals surface area contributed by atoms with E-state index in [2.05, 4.69) is 21.8 Å². The highest BCUT2D eigenvalue weighted by atomic mass is 35.5. The van der Waals surface area contributed by atoms with E-state index >= 15 is 0 Å². The summed E-state index contributed by atoms with van der Waals surface area (Å²) >= 11 is 12.0. The van der Waals surface area contributed by atoms with Gasteiger partial charge in [-0.1, -0.05) is 11.6 Å². The Morgan fingerprint density at radius 3 is 3.06 bits per heavy atom. The molecule has 0 aromatic carbocycles. The summed E-state index contributed by atoms with van der Waals surface area (Å²) in [6, 6.07) is 0.483. The first-order valence-electron chi connectivity index (χ1n) is 5.66. The molecule has 0 spiro atoms. The lowest BCUT2D eigenvalue weighted by molar-refractivity contribution is 0.0361. The second-order valence-corrected chi connectivity index (χ2v) is 4.86.